The molecule has 0 bridgehead atoms. The number of rotatable bonds is 8. The van der Waals surface area contributed by atoms with Crippen molar-refractivity contribution >= 4 is 27.6 Å². The Morgan fingerprint density at radius 2 is 1.49 bits per heavy atom. The minimum atomic E-state index is -3.66. The van der Waals surface area contributed by atoms with Crippen molar-refractivity contribution in [3.8, 4) is 5.75 Å². The molecule has 0 N–H and O–H groups in total. The summed E-state index contributed by atoms with van der Waals surface area (Å²) in [5.74, 6) is -0.111. The van der Waals surface area contributed by atoms with Crippen LogP contribution in [0.2, 0.25) is 5.02 Å². The van der Waals surface area contributed by atoms with Gasteiger partial charge < -0.3 is 9.47 Å². The summed E-state index contributed by atoms with van der Waals surface area (Å²) in [5.41, 5.74) is 2.26. The van der Waals surface area contributed by atoms with E-state index in [1.54, 1.807) is 0 Å². The van der Waals surface area contributed by atoms with E-state index >= 15 is 0 Å². The zero-order valence-electron chi connectivity index (χ0n) is 19.3. The fourth-order valence-electron chi connectivity index (χ4n) is 4.15. The molecule has 184 valence electrons. The molecule has 1 unspecified atom stereocenters. The molecule has 1 saturated heterocycles. The number of ether oxygens (including phenoxy) is 2. The molecule has 3 aromatic carbocycles. The summed E-state index contributed by atoms with van der Waals surface area (Å²) in [6, 6.07) is 24.1. The van der Waals surface area contributed by atoms with Crippen LogP contribution in [0.4, 0.5) is 0 Å². The van der Waals surface area contributed by atoms with Crippen molar-refractivity contribution in [2.45, 2.75) is 10.9 Å². The Morgan fingerprint density at radius 3 is 2.09 bits per heavy atom. The number of halogens is 1. The highest BCUT2D eigenvalue weighted by Crippen LogP contribution is 2.31. The van der Waals surface area contributed by atoms with Crippen molar-refractivity contribution in [2.75, 3.05) is 39.9 Å². The van der Waals surface area contributed by atoms with Gasteiger partial charge in [-0.15, -0.1) is 0 Å². The van der Waals surface area contributed by atoms with Crippen LogP contribution in [0.5, 0.6) is 5.75 Å². The number of piperazine rings is 1. The van der Waals surface area contributed by atoms with Crippen molar-refractivity contribution in [3.63, 3.8) is 0 Å². The summed E-state index contributed by atoms with van der Waals surface area (Å²) in [7, 11) is -2.38. The normalized spacial score (nSPS) is 15.9. The second kappa shape index (κ2) is 11.2. The summed E-state index contributed by atoms with van der Waals surface area (Å²) in [5, 5.41) is 0.679. The highest BCUT2D eigenvalue weighted by atomic mass is 35.5. The first-order valence-corrected chi connectivity index (χ1v) is 13.0. The van der Waals surface area contributed by atoms with Gasteiger partial charge in [-0.25, -0.2) is 13.2 Å². The maximum atomic E-state index is 13.2. The summed E-state index contributed by atoms with van der Waals surface area (Å²) < 4.78 is 37.8. The maximum absolute atomic E-state index is 13.2. The number of benzene rings is 3. The molecular formula is C26H27ClN2O5S. The van der Waals surface area contributed by atoms with E-state index < -0.39 is 16.0 Å². The molecule has 3 aromatic rings. The van der Waals surface area contributed by atoms with E-state index in [2.05, 4.69) is 21.8 Å². The van der Waals surface area contributed by atoms with Crippen LogP contribution in [0.15, 0.2) is 83.8 Å². The van der Waals surface area contributed by atoms with Gasteiger partial charge in [0.25, 0.3) is 0 Å². The van der Waals surface area contributed by atoms with Crippen LogP contribution in [-0.2, 0) is 19.6 Å². The fraction of sp³-hybridized carbons (Fsp3) is 0.269. The van der Waals surface area contributed by atoms with E-state index in [9.17, 15) is 13.2 Å². The predicted molar refractivity (Wildman–Crippen MR) is 134 cm³/mol. The standard InChI is InChI=1S/C26H27ClN2O5S/c1-33-25(30)19-34-23-11-13-24(14-12-23)35(31,32)29-17-15-28(16-18-29)26(20-5-3-2-4-6-20)21-7-9-22(27)10-8-21/h2-14,26H,15-19H2,1H3. The van der Waals surface area contributed by atoms with Crippen LogP contribution in [0, 0.1) is 0 Å². The SMILES string of the molecule is COC(=O)COc1ccc(S(=O)(=O)N2CCN(C(c3ccccc3)c3ccc(Cl)cc3)CC2)cc1. The topological polar surface area (TPSA) is 76.1 Å². The van der Waals surface area contributed by atoms with Crippen molar-refractivity contribution in [1.29, 1.82) is 0 Å². The third kappa shape index (κ3) is 6.02. The first-order valence-electron chi connectivity index (χ1n) is 11.2. The van der Waals surface area contributed by atoms with Gasteiger partial charge in [-0.2, -0.15) is 4.31 Å². The van der Waals surface area contributed by atoms with E-state index in [1.807, 2.05) is 42.5 Å². The third-order valence-electron chi connectivity index (χ3n) is 5.99. The first-order chi connectivity index (χ1) is 16.9. The molecule has 1 aliphatic rings. The number of carbonyl (C=O) groups excluding carboxylic acids is 1. The quantitative estimate of drug-likeness (QED) is 0.423. The summed E-state index contributed by atoms with van der Waals surface area (Å²) in [6.45, 7) is 1.68. The second-order valence-electron chi connectivity index (χ2n) is 8.14. The molecule has 9 heteroatoms. The Morgan fingerprint density at radius 1 is 0.886 bits per heavy atom. The highest BCUT2D eigenvalue weighted by molar-refractivity contribution is 7.89. The van der Waals surface area contributed by atoms with Crippen LogP contribution in [-0.4, -0.2) is 63.5 Å². The molecule has 0 spiro atoms. The Labute approximate surface area is 210 Å². The van der Waals surface area contributed by atoms with Crippen LogP contribution < -0.4 is 4.74 Å². The monoisotopic (exact) mass is 514 g/mol. The van der Waals surface area contributed by atoms with Gasteiger partial charge in [-0.3, -0.25) is 4.90 Å². The van der Waals surface area contributed by atoms with Crippen LogP contribution in [0.25, 0.3) is 0 Å². The Kier molecular flexibility index (Phi) is 8.07. The Hall–Kier alpha value is -2.91. The summed E-state index contributed by atoms with van der Waals surface area (Å²) >= 11 is 6.11. The smallest absolute Gasteiger partial charge is 0.343 e. The molecule has 4 rings (SSSR count). The number of hydrogen-bond acceptors (Lipinski definition) is 6. The lowest BCUT2D eigenvalue weighted by molar-refractivity contribution is -0.142. The van der Waals surface area contributed by atoms with Crippen molar-refractivity contribution in [2.24, 2.45) is 0 Å². The van der Waals surface area contributed by atoms with Gasteiger partial charge in [0.15, 0.2) is 6.61 Å². The number of carbonyl (C=O) groups is 1. The van der Waals surface area contributed by atoms with E-state index in [4.69, 9.17) is 16.3 Å². The molecule has 0 aliphatic carbocycles. The maximum Gasteiger partial charge on any atom is 0.343 e. The minimum Gasteiger partial charge on any atom is -0.482 e. The van der Waals surface area contributed by atoms with Gasteiger partial charge in [0.2, 0.25) is 10.0 Å². The molecule has 35 heavy (non-hydrogen) atoms. The third-order valence-corrected chi connectivity index (χ3v) is 8.15. The highest BCUT2D eigenvalue weighted by Gasteiger charge is 2.32. The molecule has 7 nitrogen and oxygen atoms in total. The molecular weight excluding hydrogens is 488 g/mol. The average Bonchev–Trinajstić information content (AvgIpc) is 2.90. The van der Waals surface area contributed by atoms with Gasteiger partial charge in [0.05, 0.1) is 18.0 Å². The molecule has 0 saturated carbocycles. The first kappa shape index (κ1) is 25.2. The number of esters is 1. The predicted octanol–water partition coefficient (Wildman–Crippen LogP) is 3.99. The molecule has 0 radical (unpaired) electrons. The largest absolute Gasteiger partial charge is 0.482 e. The Balaban J connectivity index is 1.46. The number of methoxy groups -OCH3 is 1. The van der Waals surface area contributed by atoms with Gasteiger partial charge in [-0.05, 0) is 47.5 Å². The van der Waals surface area contributed by atoms with Crippen LogP contribution in [0.1, 0.15) is 17.2 Å². The molecule has 0 aromatic heterocycles. The van der Waals surface area contributed by atoms with Crippen molar-refractivity contribution in [3.05, 3.63) is 95.0 Å². The lowest BCUT2D eigenvalue weighted by Gasteiger charge is -2.39. The van der Waals surface area contributed by atoms with Crippen LogP contribution >= 0.6 is 11.6 Å². The fourth-order valence-corrected chi connectivity index (χ4v) is 5.70. The zero-order valence-corrected chi connectivity index (χ0v) is 20.9. The molecule has 1 heterocycles. The Bertz CT molecular complexity index is 1230. The number of sulfonamides is 1. The van der Waals surface area contributed by atoms with E-state index in [0.29, 0.717) is 37.0 Å². The van der Waals surface area contributed by atoms with Gasteiger partial charge >= 0.3 is 5.97 Å². The van der Waals surface area contributed by atoms with Gasteiger partial charge in [0, 0.05) is 31.2 Å². The van der Waals surface area contributed by atoms with Crippen LogP contribution in [0.3, 0.4) is 0 Å². The minimum absolute atomic E-state index is 0.00423. The summed E-state index contributed by atoms with van der Waals surface area (Å²) in [4.78, 5) is 13.7. The lowest BCUT2D eigenvalue weighted by Crippen LogP contribution is -2.49. The summed E-state index contributed by atoms with van der Waals surface area (Å²) in [6.07, 6.45) is 0. The molecule has 1 fully saturated rings. The van der Waals surface area contributed by atoms with Gasteiger partial charge in [0.1, 0.15) is 5.75 Å². The van der Waals surface area contributed by atoms with E-state index in [1.165, 1.54) is 35.7 Å². The zero-order chi connectivity index (χ0) is 24.8. The molecule has 1 atom stereocenters. The molecule has 1 aliphatic heterocycles. The average molecular weight is 515 g/mol. The second-order valence-corrected chi connectivity index (χ2v) is 10.5. The van der Waals surface area contributed by atoms with Crippen molar-refractivity contribution in [1.82, 2.24) is 9.21 Å². The number of nitrogens with zero attached hydrogens (tertiary/aromatic N) is 2. The van der Waals surface area contributed by atoms with Gasteiger partial charge in [-0.1, -0.05) is 54.1 Å². The molecule has 0 amide bonds. The number of hydrogen-bond donors (Lipinski definition) is 0. The van der Waals surface area contributed by atoms with Crippen molar-refractivity contribution < 1.29 is 22.7 Å². The van der Waals surface area contributed by atoms with E-state index in [0.717, 1.165) is 11.1 Å². The van der Waals surface area contributed by atoms with E-state index in [-0.39, 0.29) is 17.5 Å². The lowest BCUT2D eigenvalue weighted by atomic mass is 9.96.